The van der Waals surface area contributed by atoms with E-state index in [4.69, 9.17) is 23.8 Å². The Hall–Kier alpha value is -1.50. The van der Waals surface area contributed by atoms with Gasteiger partial charge in [0.15, 0.2) is 5.11 Å². The average Bonchev–Trinajstić information content (AvgIpc) is 2.44. The monoisotopic (exact) mass is 400 g/mol. The summed E-state index contributed by atoms with van der Waals surface area (Å²) in [5.41, 5.74) is 1.000. The molecule has 1 amide bonds. The van der Waals surface area contributed by atoms with Gasteiger partial charge in [0.2, 0.25) is 5.91 Å². The van der Waals surface area contributed by atoms with Crippen molar-refractivity contribution in [2.45, 2.75) is 6.42 Å². The van der Waals surface area contributed by atoms with Crippen molar-refractivity contribution >= 4 is 56.5 Å². The molecule has 2 rings (SSSR count). The van der Waals surface area contributed by atoms with Gasteiger partial charge in [-0.15, -0.1) is 0 Å². The van der Waals surface area contributed by atoms with Crippen LogP contribution in [-0.2, 0) is 11.2 Å². The molecule has 0 unspecified atom stereocenters. The number of halogens is 3. The Bertz CT molecular complexity index is 709. The highest BCUT2D eigenvalue weighted by Gasteiger charge is 2.08. The zero-order valence-corrected chi connectivity index (χ0v) is 14.4. The molecule has 2 N–H and O–H groups in total. The molecule has 0 saturated heterocycles. The fraction of sp³-hybridized carbons (Fsp3) is 0.0667. The molecule has 0 aromatic heterocycles. The van der Waals surface area contributed by atoms with Gasteiger partial charge >= 0.3 is 0 Å². The second-order valence-electron chi connectivity index (χ2n) is 4.43. The van der Waals surface area contributed by atoms with Gasteiger partial charge in [0.05, 0.1) is 12.1 Å². The van der Waals surface area contributed by atoms with Gasteiger partial charge in [0, 0.05) is 9.50 Å². The second kappa shape index (κ2) is 7.67. The third-order valence-corrected chi connectivity index (χ3v) is 3.66. The zero-order chi connectivity index (χ0) is 16.1. The number of carbonyl (C=O) groups is 1. The van der Waals surface area contributed by atoms with Crippen LogP contribution in [0.3, 0.4) is 0 Å². The Balaban J connectivity index is 1.91. The summed E-state index contributed by atoms with van der Waals surface area (Å²) in [6.07, 6.45) is 0.155. The van der Waals surface area contributed by atoms with Crippen LogP contribution in [0.15, 0.2) is 46.9 Å². The summed E-state index contributed by atoms with van der Waals surface area (Å²) in [5.74, 6) is -0.763. The van der Waals surface area contributed by atoms with Crippen LogP contribution in [0.4, 0.5) is 10.1 Å². The van der Waals surface area contributed by atoms with Crippen molar-refractivity contribution in [2.75, 3.05) is 5.32 Å². The van der Waals surface area contributed by atoms with Crippen molar-refractivity contribution in [3.05, 3.63) is 63.3 Å². The minimum Gasteiger partial charge on any atom is -0.330 e. The van der Waals surface area contributed by atoms with E-state index in [-0.39, 0.29) is 23.1 Å². The fourth-order valence-corrected chi connectivity index (χ4v) is 2.39. The normalized spacial score (nSPS) is 10.1. The number of hydrogen-bond acceptors (Lipinski definition) is 2. The van der Waals surface area contributed by atoms with Gasteiger partial charge in [-0.05, 0) is 48.1 Å². The summed E-state index contributed by atoms with van der Waals surface area (Å²) < 4.78 is 14.3. The molecule has 0 atom stereocenters. The minimum atomic E-state index is -0.469. The minimum absolute atomic E-state index is 0.0418. The standard InChI is InChI=1S/C15H11BrClFN2OS/c16-10-3-6-13(12(18)8-10)19-15(22)20-14(21)7-9-1-4-11(17)5-2-9/h1-6,8H,7H2,(H2,19,20,21,22). The lowest BCUT2D eigenvalue weighted by Crippen LogP contribution is -2.35. The van der Waals surface area contributed by atoms with Crippen molar-refractivity contribution in [2.24, 2.45) is 0 Å². The number of thiocarbonyl (C=S) groups is 1. The maximum Gasteiger partial charge on any atom is 0.230 e. The topological polar surface area (TPSA) is 41.1 Å². The molecule has 7 heteroatoms. The molecule has 0 aliphatic carbocycles. The molecule has 0 aliphatic heterocycles. The van der Waals surface area contributed by atoms with E-state index < -0.39 is 5.82 Å². The van der Waals surface area contributed by atoms with E-state index in [0.717, 1.165) is 5.56 Å². The van der Waals surface area contributed by atoms with Crippen LogP contribution >= 0.6 is 39.7 Å². The summed E-state index contributed by atoms with van der Waals surface area (Å²) in [6.45, 7) is 0. The molecule has 0 radical (unpaired) electrons. The molecular weight excluding hydrogens is 391 g/mol. The molecule has 0 spiro atoms. The maximum absolute atomic E-state index is 13.7. The number of carbonyl (C=O) groups excluding carboxylic acids is 1. The summed E-state index contributed by atoms with van der Waals surface area (Å²) in [6, 6.07) is 11.4. The molecular formula is C15H11BrClFN2OS. The Morgan fingerprint density at radius 3 is 2.55 bits per heavy atom. The predicted octanol–water partition coefficient (Wildman–Crippen LogP) is 4.30. The van der Waals surface area contributed by atoms with Crippen LogP contribution in [-0.4, -0.2) is 11.0 Å². The third kappa shape index (κ3) is 5.05. The first-order valence-electron chi connectivity index (χ1n) is 6.24. The van der Waals surface area contributed by atoms with Crippen LogP contribution in [0.5, 0.6) is 0 Å². The first kappa shape index (κ1) is 16.9. The number of amides is 1. The third-order valence-electron chi connectivity index (χ3n) is 2.71. The van der Waals surface area contributed by atoms with Crippen molar-refractivity contribution in [1.29, 1.82) is 0 Å². The summed E-state index contributed by atoms with van der Waals surface area (Å²) in [7, 11) is 0. The number of anilines is 1. The fourth-order valence-electron chi connectivity index (χ4n) is 1.70. The highest BCUT2D eigenvalue weighted by molar-refractivity contribution is 9.10. The number of benzene rings is 2. The van der Waals surface area contributed by atoms with E-state index in [1.165, 1.54) is 12.1 Å². The van der Waals surface area contributed by atoms with Gasteiger partial charge in [-0.3, -0.25) is 4.79 Å². The SMILES string of the molecule is O=C(Cc1ccc(Cl)cc1)NC(=S)Nc1ccc(Br)cc1F. The first-order chi connectivity index (χ1) is 10.4. The van der Waals surface area contributed by atoms with Gasteiger partial charge in [-0.1, -0.05) is 39.7 Å². The van der Waals surface area contributed by atoms with Gasteiger partial charge < -0.3 is 10.6 Å². The van der Waals surface area contributed by atoms with E-state index >= 15 is 0 Å². The number of rotatable bonds is 3. The molecule has 114 valence electrons. The number of hydrogen-bond donors (Lipinski definition) is 2. The van der Waals surface area contributed by atoms with Gasteiger partial charge in [-0.25, -0.2) is 4.39 Å². The summed E-state index contributed by atoms with van der Waals surface area (Å²) in [5, 5.41) is 5.79. The van der Waals surface area contributed by atoms with Crippen LogP contribution in [0, 0.1) is 5.82 Å². The Morgan fingerprint density at radius 2 is 1.91 bits per heavy atom. The Kier molecular flexibility index (Phi) is 5.88. The highest BCUT2D eigenvalue weighted by atomic mass is 79.9. The maximum atomic E-state index is 13.7. The van der Waals surface area contributed by atoms with E-state index in [1.807, 2.05) is 0 Å². The van der Waals surface area contributed by atoms with Crippen LogP contribution in [0.2, 0.25) is 5.02 Å². The predicted molar refractivity (Wildman–Crippen MR) is 93.6 cm³/mol. The van der Waals surface area contributed by atoms with Crippen molar-refractivity contribution in [1.82, 2.24) is 5.32 Å². The van der Waals surface area contributed by atoms with Crippen LogP contribution in [0.25, 0.3) is 0 Å². The van der Waals surface area contributed by atoms with Crippen LogP contribution in [0.1, 0.15) is 5.56 Å². The van der Waals surface area contributed by atoms with E-state index in [9.17, 15) is 9.18 Å². The Morgan fingerprint density at radius 1 is 1.23 bits per heavy atom. The van der Waals surface area contributed by atoms with E-state index in [2.05, 4.69) is 26.6 Å². The highest BCUT2D eigenvalue weighted by Crippen LogP contribution is 2.19. The largest absolute Gasteiger partial charge is 0.330 e. The molecule has 0 heterocycles. The van der Waals surface area contributed by atoms with Crippen molar-refractivity contribution in [3.63, 3.8) is 0 Å². The molecule has 2 aromatic carbocycles. The first-order valence-corrected chi connectivity index (χ1v) is 7.82. The van der Waals surface area contributed by atoms with Gasteiger partial charge in [0.1, 0.15) is 5.82 Å². The number of nitrogens with one attached hydrogen (secondary N) is 2. The van der Waals surface area contributed by atoms with Gasteiger partial charge in [-0.2, -0.15) is 0 Å². The van der Waals surface area contributed by atoms with Crippen LogP contribution < -0.4 is 10.6 Å². The van der Waals surface area contributed by atoms with Crippen molar-refractivity contribution < 1.29 is 9.18 Å². The molecule has 2 aromatic rings. The zero-order valence-electron chi connectivity index (χ0n) is 11.2. The smallest absolute Gasteiger partial charge is 0.230 e. The second-order valence-corrected chi connectivity index (χ2v) is 6.19. The molecule has 0 aliphatic rings. The van der Waals surface area contributed by atoms with Crippen molar-refractivity contribution in [3.8, 4) is 0 Å². The van der Waals surface area contributed by atoms with Gasteiger partial charge in [0.25, 0.3) is 0 Å². The molecule has 0 bridgehead atoms. The Labute approximate surface area is 146 Å². The molecule has 3 nitrogen and oxygen atoms in total. The summed E-state index contributed by atoms with van der Waals surface area (Å²) >= 11 is 13.9. The quantitative estimate of drug-likeness (QED) is 0.754. The van der Waals surface area contributed by atoms with E-state index in [0.29, 0.717) is 9.50 Å². The lowest BCUT2D eigenvalue weighted by Gasteiger charge is -2.10. The molecule has 0 fully saturated rings. The molecule has 0 saturated carbocycles. The van der Waals surface area contributed by atoms with E-state index in [1.54, 1.807) is 30.3 Å². The molecule has 22 heavy (non-hydrogen) atoms. The average molecular weight is 402 g/mol. The lowest BCUT2D eigenvalue weighted by molar-refractivity contribution is -0.119. The lowest BCUT2D eigenvalue weighted by atomic mass is 10.1. The summed E-state index contributed by atoms with van der Waals surface area (Å²) in [4.78, 5) is 11.9.